The second-order valence-corrected chi connectivity index (χ2v) is 11.3. The largest absolute Gasteiger partial charge is 0.450 e. The fraction of sp³-hybridized carbons (Fsp3) is 0.500. The van der Waals surface area contributed by atoms with E-state index >= 15 is 0 Å². The van der Waals surface area contributed by atoms with Crippen molar-refractivity contribution in [1.29, 1.82) is 0 Å². The average molecular weight is 587 g/mol. The molecule has 43 heavy (non-hydrogen) atoms. The molecule has 0 saturated heterocycles. The fourth-order valence-electron chi connectivity index (χ4n) is 6.25. The third-order valence-corrected chi connectivity index (χ3v) is 8.59. The van der Waals surface area contributed by atoms with Crippen LogP contribution in [0.4, 0.5) is 0 Å². The number of ether oxygens (including phenoxy) is 3. The molecule has 7 heteroatoms. The highest BCUT2D eigenvalue weighted by molar-refractivity contribution is 5.82. The smallest absolute Gasteiger partial charge is 0.344 e. The van der Waals surface area contributed by atoms with Gasteiger partial charge in [0, 0.05) is 11.8 Å². The Labute approximate surface area is 254 Å². The van der Waals surface area contributed by atoms with Gasteiger partial charge in [-0.1, -0.05) is 123 Å². The molecule has 228 valence electrons. The number of aliphatic hydroxyl groups is 2. The van der Waals surface area contributed by atoms with Gasteiger partial charge in [-0.15, -0.1) is 0 Å². The Morgan fingerprint density at radius 3 is 1.30 bits per heavy atom. The van der Waals surface area contributed by atoms with Crippen molar-refractivity contribution in [2.45, 2.75) is 75.4 Å². The van der Waals surface area contributed by atoms with Gasteiger partial charge in [0.05, 0.1) is 0 Å². The third kappa shape index (κ3) is 8.27. The molecule has 0 aromatic heterocycles. The van der Waals surface area contributed by atoms with Gasteiger partial charge in [0.1, 0.15) is 13.2 Å². The summed E-state index contributed by atoms with van der Waals surface area (Å²) < 4.78 is 16.2. The summed E-state index contributed by atoms with van der Waals surface area (Å²) in [6.07, 6.45) is 9.22. The molecule has 2 aliphatic rings. The van der Waals surface area contributed by atoms with Crippen LogP contribution in [0.25, 0.3) is 0 Å². The summed E-state index contributed by atoms with van der Waals surface area (Å²) in [6, 6.07) is 18.0. The summed E-state index contributed by atoms with van der Waals surface area (Å²) in [7, 11) is 0. The fourth-order valence-corrected chi connectivity index (χ4v) is 6.25. The molecule has 2 atom stereocenters. The molecule has 7 nitrogen and oxygen atoms in total. The number of rotatable bonds is 10. The van der Waals surface area contributed by atoms with Crippen LogP contribution in [-0.2, 0) is 35.0 Å². The lowest BCUT2D eigenvalue weighted by molar-refractivity contribution is -0.174. The van der Waals surface area contributed by atoms with Gasteiger partial charge in [-0.3, -0.25) is 0 Å². The van der Waals surface area contributed by atoms with Crippen LogP contribution in [0.3, 0.4) is 0 Å². The van der Waals surface area contributed by atoms with Crippen molar-refractivity contribution in [2.75, 3.05) is 26.4 Å². The zero-order valence-corrected chi connectivity index (χ0v) is 24.8. The molecule has 0 spiro atoms. The molecular formula is C36H42O7. The van der Waals surface area contributed by atoms with E-state index in [9.17, 15) is 19.8 Å². The Morgan fingerprint density at radius 1 is 0.581 bits per heavy atom. The molecule has 0 radical (unpaired) electrons. The SMILES string of the molecule is O=C(OCC#CCOCC#CCOC(=O)C(O)(c1ccccc1)C1CCCCC1)C(O)(c1ccccc1)C1CCCCC1. The molecule has 0 aliphatic heterocycles. The van der Waals surface area contributed by atoms with Gasteiger partial charge in [0.25, 0.3) is 0 Å². The zero-order chi connectivity index (χ0) is 30.4. The molecule has 2 aromatic carbocycles. The Morgan fingerprint density at radius 2 is 0.930 bits per heavy atom. The average Bonchev–Trinajstić information content (AvgIpc) is 3.07. The van der Waals surface area contributed by atoms with Crippen LogP contribution >= 0.6 is 0 Å². The van der Waals surface area contributed by atoms with Crippen molar-refractivity contribution in [3.05, 3.63) is 71.8 Å². The second-order valence-electron chi connectivity index (χ2n) is 11.3. The number of carbonyl (C=O) groups excluding carboxylic acids is 2. The van der Waals surface area contributed by atoms with Crippen molar-refractivity contribution in [2.24, 2.45) is 11.8 Å². The van der Waals surface area contributed by atoms with Crippen LogP contribution in [0.15, 0.2) is 60.7 Å². The van der Waals surface area contributed by atoms with Gasteiger partial charge >= 0.3 is 11.9 Å². The molecule has 2 unspecified atom stereocenters. The summed E-state index contributed by atoms with van der Waals surface area (Å²) >= 11 is 0. The van der Waals surface area contributed by atoms with Gasteiger partial charge in [0.15, 0.2) is 24.4 Å². The third-order valence-electron chi connectivity index (χ3n) is 8.59. The van der Waals surface area contributed by atoms with Gasteiger partial charge in [-0.25, -0.2) is 9.59 Å². The Balaban J connectivity index is 1.20. The van der Waals surface area contributed by atoms with Crippen molar-refractivity contribution in [3.63, 3.8) is 0 Å². The quantitative estimate of drug-likeness (QED) is 0.229. The predicted molar refractivity (Wildman–Crippen MR) is 162 cm³/mol. The molecule has 0 heterocycles. The lowest BCUT2D eigenvalue weighted by atomic mass is 9.73. The molecule has 2 N–H and O–H groups in total. The van der Waals surface area contributed by atoms with Crippen LogP contribution in [0.5, 0.6) is 0 Å². The number of hydrogen-bond donors (Lipinski definition) is 2. The first-order valence-electron chi connectivity index (χ1n) is 15.4. The Hall–Kier alpha value is -3.62. The predicted octanol–water partition coefficient (Wildman–Crippen LogP) is 5.03. The van der Waals surface area contributed by atoms with Crippen molar-refractivity contribution >= 4 is 11.9 Å². The molecule has 4 rings (SSSR count). The summed E-state index contributed by atoms with van der Waals surface area (Å²) in [5.41, 5.74) is -2.28. The topological polar surface area (TPSA) is 102 Å². The number of esters is 2. The molecule has 2 fully saturated rings. The highest BCUT2D eigenvalue weighted by atomic mass is 16.6. The Kier molecular flexibility index (Phi) is 12.2. The van der Waals surface area contributed by atoms with Crippen molar-refractivity contribution in [1.82, 2.24) is 0 Å². The van der Waals surface area contributed by atoms with E-state index in [0.717, 1.165) is 64.2 Å². The van der Waals surface area contributed by atoms with E-state index in [-0.39, 0.29) is 38.3 Å². The lowest BCUT2D eigenvalue weighted by Gasteiger charge is -2.36. The maximum Gasteiger partial charge on any atom is 0.344 e. The zero-order valence-electron chi connectivity index (χ0n) is 24.8. The summed E-state index contributed by atoms with van der Waals surface area (Å²) in [5.74, 6) is 9.32. The van der Waals surface area contributed by atoms with Crippen LogP contribution in [0.2, 0.25) is 0 Å². The first kappa shape index (κ1) is 32.3. The van der Waals surface area contributed by atoms with Crippen molar-refractivity contribution < 1.29 is 34.0 Å². The van der Waals surface area contributed by atoms with Crippen LogP contribution in [0.1, 0.15) is 75.3 Å². The lowest BCUT2D eigenvalue weighted by Crippen LogP contribution is -2.45. The molecule has 2 saturated carbocycles. The number of benzene rings is 2. The number of carbonyl (C=O) groups is 2. The van der Waals surface area contributed by atoms with Gasteiger partial charge in [-0.2, -0.15) is 0 Å². The standard InChI is InChI=1S/C36H42O7/c37-33(35(39,29-17-5-1-6-18-29)30-19-7-2-8-20-30)42-27-15-13-25-41-26-14-16-28-43-34(38)36(40,31-21-9-3-10-22-31)32-23-11-4-12-24-32/h1,3,5-6,9-10,17-18,21-22,30,32,39-40H,2,4,7-8,11-12,19-20,23-28H2. The van der Waals surface area contributed by atoms with E-state index in [1.165, 1.54) is 0 Å². The van der Waals surface area contributed by atoms with Crippen LogP contribution in [0, 0.1) is 35.5 Å². The van der Waals surface area contributed by atoms with Crippen molar-refractivity contribution in [3.8, 4) is 23.7 Å². The van der Waals surface area contributed by atoms with Gasteiger partial charge in [0.2, 0.25) is 0 Å². The van der Waals surface area contributed by atoms with E-state index in [1.807, 2.05) is 36.4 Å². The van der Waals surface area contributed by atoms with E-state index in [0.29, 0.717) is 11.1 Å². The first-order chi connectivity index (χ1) is 21.0. The van der Waals surface area contributed by atoms with Gasteiger partial charge in [-0.05, 0) is 36.8 Å². The minimum absolute atomic E-state index is 0.0764. The summed E-state index contributed by atoms with van der Waals surface area (Å²) in [6.45, 7) is -0.159. The molecule has 2 aliphatic carbocycles. The second kappa shape index (κ2) is 16.3. The van der Waals surface area contributed by atoms with E-state index in [4.69, 9.17) is 14.2 Å². The van der Waals surface area contributed by atoms with E-state index in [1.54, 1.807) is 24.3 Å². The summed E-state index contributed by atoms with van der Waals surface area (Å²) in [4.78, 5) is 26.1. The maximum absolute atomic E-state index is 13.0. The number of hydrogen-bond acceptors (Lipinski definition) is 7. The molecular weight excluding hydrogens is 544 g/mol. The van der Waals surface area contributed by atoms with Gasteiger partial charge < -0.3 is 24.4 Å². The summed E-state index contributed by atoms with van der Waals surface area (Å²) in [5, 5.41) is 23.0. The Bertz CT molecular complexity index is 1190. The van der Waals surface area contributed by atoms with E-state index < -0.39 is 23.1 Å². The minimum Gasteiger partial charge on any atom is -0.450 e. The van der Waals surface area contributed by atoms with E-state index in [2.05, 4.69) is 23.7 Å². The molecule has 0 amide bonds. The molecule has 0 bridgehead atoms. The highest BCUT2D eigenvalue weighted by Crippen LogP contribution is 2.41. The minimum atomic E-state index is -1.69. The van der Waals surface area contributed by atoms with Crippen LogP contribution < -0.4 is 0 Å². The maximum atomic E-state index is 13.0. The first-order valence-corrected chi connectivity index (χ1v) is 15.4. The molecule has 2 aromatic rings. The van der Waals surface area contributed by atoms with Crippen LogP contribution in [-0.4, -0.2) is 48.6 Å². The highest BCUT2D eigenvalue weighted by Gasteiger charge is 2.48. The monoisotopic (exact) mass is 586 g/mol. The normalized spacial score (nSPS) is 18.5.